The van der Waals surface area contributed by atoms with Crippen LogP contribution in [-0.4, -0.2) is 9.78 Å². The highest BCUT2D eigenvalue weighted by atomic mass is 127. The van der Waals surface area contributed by atoms with E-state index in [0.717, 1.165) is 10.1 Å². The summed E-state index contributed by atoms with van der Waals surface area (Å²) in [4.78, 5) is 0. The van der Waals surface area contributed by atoms with E-state index in [9.17, 15) is 0 Å². The van der Waals surface area contributed by atoms with Gasteiger partial charge >= 0.3 is 0 Å². The standard InChI is InChI=1S/C8H9IN2/c1-3-7(4-2)11-6-5-8(9)10-11/h1,5-7H,4H2,2H3. The van der Waals surface area contributed by atoms with Crippen molar-refractivity contribution in [3.63, 3.8) is 0 Å². The highest BCUT2D eigenvalue weighted by molar-refractivity contribution is 14.1. The predicted molar refractivity (Wildman–Crippen MR) is 53.1 cm³/mol. The molecule has 0 bridgehead atoms. The van der Waals surface area contributed by atoms with E-state index in [4.69, 9.17) is 6.42 Å². The second-order valence-electron chi connectivity index (χ2n) is 2.21. The van der Waals surface area contributed by atoms with Crippen LogP contribution in [0.5, 0.6) is 0 Å². The molecule has 1 unspecified atom stereocenters. The smallest absolute Gasteiger partial charge is 0.123 e. The van der Waals surface area contributed by atoms with E-state index in [2.05, 4.69) is 40.5 Å². The van der Waals surface area contributed by atoms with Crippen LogP contribution >= 0.6 is 22.6 Å². The minimum absolute atomic E-state index is 0.110. The van der Waals surface area contributed by atoms with E-state index in [0.29, 0.717) is 0 Å². The third-order valence-corrected chi connectivity index (χ3v) is 2.05. The molecule has 58 valence electrons. The molecule has 0 fully saturated rings. The molecule has 1 aromatic rings. The first-order valence-corrected chi connectivity index (χ1v) is 4.52. The van der Waals surface area contributed by atoms with Gasteiger partial charge in [-0.05, 0) is 35.1 Å². The highest BCUT2D eigenvalue weighted by Crippen LogP contribution is 2.09. The molecule has 0 N–H and O–H groups in total. The van der Waals surface area contributed by atoms with Gasteiger partial charge in [-0.1, -0.05) is 12.8 Å². The molecule has 1 atom stereocenters. The first kappa shape index (κ1) is 8.60. The molecule has 1 heterocycles. The average molecular weight is 260 g/mol. The van der Waals surface area contributed by atoms with Gasteiger partial charge in [0, 0.05) is 6.20 Å². The molecule has 1 rings (SSSR count). The van der Waals surface area contributed by atoms with Gasteiger partial charge in [-0.2, -0.15) is 5.10 Å². The van der Waals surface area contributed by atoms with Crippen molar-refractivity contribution in [1.29, 1.82) is 0 Å². The largest absolute Gasteiger partial charge is 0.257 e. The molecule has 1 aromatic heterocycles. The fourth-order valence-corrected chi connectivity index (χ4v) is 1.28. The lowest BCUT2D eigenvalue weighted by molar-refractivity contribution is 0.537. The molecule has 0 aromatic carbocycles. The summed E-state index contributed by atoms with van der Waals surface area (Å²) in [5.74, 6) is 2.68. The number of hydrogen-bond acceptors (Lipinski definition) is 1. The second kappa shape index (κ2) is 3.77. The Hall–Kier alpha value is -0.500. The van der Waals surface area contributed by atoms with E-state index < -0.39 is 0 Å². The molecular formula is C8H9IN2. The van der Waals surface area contributed by atoms with Crippen molar-refractivity contribution in [1.82, 2.24) is 9.78 Å². The van der Waals surface area contributed by atoms with Crippen LogP contribution in [0.4, 0.5) is 0 Å². The number of terminal acetylenes is 1. The van der Waals surface area contributed by atoms with Crippen LogP contribution in [0.1, 0.15) is 19.4 Å². The summed E-state index contributed by atoms with van der Waals surface area (Å²) >= 11 is 2.17. The maximum atomic E-state index is 5.31. The van der Waals surface area contributed by atoms with E-state index in [1.807, 2.05) is 16.9 Å². The molecule has 3 heteroatoms. The molecule has 0 aliphatic heterocycles. The van der Waals surface area contributed by atoms with Gasteiger partial charge in [-0.3, -0.25) is 4.68 Å². The lowest BCUT2D eigenvalue weighted by Crippen LogP contribution is -2.05. The lowest BCUT2D eigenvalue weighted by Gasteiger charge is -2.06. The van der Waals surface area contributed by atoms with E-state index >= 15 is 0 Å². The van der Waals surface area contributed by atoms with Crippen molar-refractivity contribution in [2.75, 3.05) is 0 Å². The highest BCUT2D eigenvalue weighted by Gasteiger charge is 2.04. The van der Waals surface area contributed by atoms with Crippen molar-refractivity contribution < 1.29 is 0 Å². The zero-order valence-corrected chi connectivity index (χ0v) is 8.45. The monoisotopic (exact) mass is 260 g/mol. The van der Waals surface area contributed by atoms with Crippen LogP contribution < -0.4 is 0 Å². The van der Waals surface area contributed by atoms with Crippen molar-refractivity contribution in [3.05, 3.63) is 16.0 Å². The zero-order chi connectivity index (χ0) is 8.27. The SMILES string of the molecule is C#CC(CC)n1ccc(I)n1. The minimum Gasteiger partial charge on any atom is -0.257 e. The molecule has 0 saturated heterocycles. The first-order chi connectivity index (χ1) is 5.27. The normalized spacial score (nSPS) is 12.5. The maximum Gasteiger partial charge on any atom is 0.123 e. The Labute approximate surface area is 80.1 Å². The first-order valence-electron chi connectivity index (χ1n) is 3.44. The summed E-state index contributed by atoms with van der Waals surface area (Å²) in [5, 5.41) is 4.21. The third-order valence-electron chi connectivity index (χ3n) is 1.47. The Morgan fingerprint density at radius 2 is 2.64 bits per heavy atom. The Kier molecular flexibility index (Phi) is 2.94. The zero-order valence-electron chi connectivity index (χ0n) is 6.29. The van der Waals surface area contributed by atoms with Crippen molar-refractivity contribution >= 4 is 22.6 Å². The molecule has 0 amide bonds. The van der Waals surface area contributed by atoms with Crippen LogP contribution in [0.25, 0.3) is 0 Å². The molecule has 11 heavy (non-hydrogen) atoms. The van der Waals surface area contributed by atoms with Crippen molar-refractivity contribution in [2.24, 2.45) is 0 Å². The number of halogens is 1. The van der Waals surface area contributed by atoms with Gasteiger partial charge in [-0.25, -0.2) is 0 Å². The Bertz CT molecular complexity index is 272. The Morgan fingerprint density at radius 3 is 3.00 bits per heavy atom. The third kappa shape index (κ3) is 1.96. The van der Waals surface area contributed by atoms with Crippen molar-refractivity contribution in [2.45, 2.75) is 19.4 Å². The van der Waals surface area contributed by atoms with Crippen LogP contribution in [0.2, 0.25) is 0 Å². The van der Waals surface area contributed by atoms with Gasteiger partial charge in [0.05, 0.1) is 0 Å². The van der Waals surface area contributed by atoms with E-state index in [1.54, 1.807) is 0 Å². The molecular weight excluding hydrogens is 251 g/mol. The van der Waals surface area contributed by atoms with Gasteiger partial charge in [0.2, 0.25) is 0 Å². The summed E-state index contributed by atoms with van der Waals surface area (Å²) in [6, 6.07) is 2.05. The quantitative estimate of drug-likeness (QED) is 0.588. The average Bonchev–Trinajstić information content (AvgIpc) is 2.39. The summed E-state index contributed by atoms with van der Waals surface area (Å²) in [6.45, 7) is 2.05. The van der Waals surface area contributed by atoms with Crippen molar-refractivity contribution in [3.8, 4) is 12.3 Å². The summed E-state index contributed by atoms with van der Waals surface area (Å²) in [7, 11) is 0. The second-order valence-corrected chi connectivity index (χ2v) is 3.31. The van der Waals surface area contributed by atoms with Gasteiger partial charge in [0.15, 0.2) is 0 Å². The number of aromatic nitrogens is 2. The van der Waals surface area contributed by atoms with Gasteiger partial charge in [0.25, 0.3) is 0 Å². The molecule has 0 radical (unpaired) electrons. The van der Waals surface area contributed by atoms with Gasteiger partial charge < -0.3 is 0 Å². The summed E-state index contributed by atoms with van der Waals surface area (Å²) in [5.41, 5.74) is 0. The number of rotatable bonds is 2. The summed E-state index contributed by atoms with van der Waals surface area (Å²) < 4.78 is 2.80. The van der Waals surface area contributed by atoms with E-state index in [-0.39, 0.29) is 6.04 Å². The van der Waals surface area contributed by atoms with Crippen LogP contribution in [0.15, 0.2) is 12.3 Å². The molecule has 0 saturated carbocycles. The fourth-order valence-electron chi connectivity index (χ4n) is 0.870. The molecule has 2 nitrogen and oxygen atoms in total. The Balaban J connectivity index is 2.84. The summed E-state index contributed by atoms with van der Waals surface area (Å²) in [6.07, 6.45) is 8.15. The van der Waals surface area contributed by atoms with Crippen LogP contribution in [-0.2, 0) is 0 Å². The van der Waals surface area contributed by atoms with Gasteiger partial charge in [-0.15, -0.1) is 6.42 Å². The van der Waals surface area contributed by atoms with E-state index in [1.165, 1.54) is 0 Å². The number of hydrogen-bond donors (Lipinski definition) is 0. The van der Waals surface area contributed by atoms with Gasteiger partial charge in [0.1, 0.15) is 9.74 Å². The molecule has 0 aliphatic rings. The topological polar surface area (TPSA) is 17.8 Å². The molecule has 0 spiro atoms. The number of nitrogens with zero attached hydrogens (tertiary/aromatic N) is 2. The van der Waals surface area contributed by atoms with Crippen LogP contribution in [0, 0.1) is 16.0 Å². The lowest BCUT2D eigenvalue weighted by atomic mass is 10.2. The Morgan fingerprint density at radius 1 is 1.91 bits per heavy atom. The minimum atomic E-state index is 0.110. The maximum absolute atomic E-state index is 5.31. The van der Waals surface area contributed by atoms with Crippen LogP contribution in [0.3, 0.4) is 0 Å². The fraction of sp³-hybridized carbons (Fsp3) is 0.375. The predicted octanol–water partition coefficient (Wildman–Crippen LogP) is 2.07. The molecule has 0 aliphatic carbocycles.